The van der Waals surface area contributed by atoms with Gasteiger partial charge in [0.25, 0.3) is 0 Å². The van der Waals surface area contributed by atoms with Crippen molar-refractivity contribution in [3.63, 3.8) is 0 Å². The van der Waals surface area contributed by atoms with E-state index in [0.29, 0.717) is 11.5 Å². The van der Waals surface area contributed by atoms with E-state index in [0.717, 1.165) is 5.56 Å². The average molecular weight is 206 g/mol. The van der Waals surface area contributed by atoms with Gasteiger partial charge in [0.2, 0.25) is 0 Å². The van der Waals surface area contributed by atoms with Gasteiger partial charge in [0, 0.05) is 0 Å². The fourth-order valence-corrected chi connectivity index (χ4v) is 1.63. The zero-order chi connectivity index (χ0) is 10.1. The first-order chi connectivity index (χ1) is 5.88. The van der Waals surface area contributed by atoms with Gasteiger partial charge in [-0.25, -0.2) is 0 Å². The van der Waals surface area contributed by atoms with Crippen molar-refractivity contribution in [3.8, 4) is 0 Å². The van der Waals surface area contributed by atoms with E-state index < -0.39 is 16.0 Å². The van der Waals surface area contributed by atoms with E-state index in [9.17, 15) is 12.3 Å². The summed E-state index contributed by atoms with van der Waals surface area (Å²) in [6, 6.07) is 1.72. The van der Waals surface area contributed by atoms with Crippen LogP contribution in [0.5, 0.6) is 0 Å². The largest absolute Gasteiger partial charge is 0.466 e. The fraction of sp³-hybridized carbons (Fsp3) is 0.500. The zero-order valence-electron chi connectivity index (χ0n) is 7.50. The van der Waals surface area contributed by atoms with Crippen LogP contribution in [-0.4, -0.2) is 14.2 Å². The zero-order valence-corrected chi connectivity index (χ0v) is 8.32. The van der Waals surface area contributed by atoms with Crippen molar-refractivity contribution in [2.75, 3.05) is 5.75 Å². The van der Waals surface area contributed by atoms with Gasteiger partial charge >= 0.3 is 10.2 Å². The monoisotopic (exact) mass is 206 g/mol. The molecule has 0 bridgehead atoms. The van der Waals surface area contributed by atoms with Crippen molar-refractivity contribution < 1.29 is 16.7 Å². The van der Waals surface area contributed by atoms with Gasteiger partial charge in [-0.05, 0) is 31.9 Å². The van der Waals surface area contributed by atoms with Crippen LogP contribution in [0, 0.1) is 13.8 Å². The average Bonchev–Trinajstić information content (AvgIpc) is 2.24. The van der Waals surface area contributed by atoms with Crippen LogP contribution in [0.4, 0.5) is 3.89 Å². The Bertz CT molecular complexity index is 392. The topological polar surface area (TPSA) is 47.3 Å². The van der Waals surface area contributed by atoms with Gasteiger partial charge < -0.3 is 4.42 Å². The van der Waals surface area contributed by atoms with Crippen LogP contribution in [-0.2, 0) is 16.6 Å². The van der Waals surface area contributed by atoms with Gasteiger partial charge in [-0.2, -0.15) is 8.42 Å². The molecule has 0 saturated carbocycles. The summed E-state index contributed by atoms with van der Waals surface area (Å²) in [6.07, 6.45) is 0.169. The highest BCUT2D eigenvalue weighted by Crippen LogP contribution is 2.14. The summed E-state index contributed by atoms with van der Waals surface area (Å²) in [6.45, 7) is 3.49. The Morgan fingerprint density at radius 3 is 2.46 bits per heavy atom. The first-order valence-corrected chi connectivity index (χ1v) is 5.42. The molecular weight excluding hydrogens is 195 g/mol. The van der Waals surface area contributed by atoms with E-state index in [1.54, 1.807) is 19.9 Å². The second kappa shape index (κ2) is 3.49. The number of furan rings is 1. The van der Waals surface area contributed by atoms with Crippen LogP contribution < -0.4 is 0 Å². The summed E-state index contributed by atoms with van der Waals surface area (Å²) >= 11 is 0. The SMILES string of the molecule is Cc1cc(CCS(=O)(=O)F)c(C)o1. The predicted molar refractivity (Wildman–Crippen MR) is 46.8 cm³/mol. The lowest BCUT2D eigenvalue weighted by atomic mass is 10.2. The molecule has 0 aromatic carbocycles. The second-order valence-corrected chi connectivity index (χ2v) is 4.42. The summed E-state index contributed by atoms with van der Waals surface area (Å²) < 4.78 is 37.8. The van der Waals surface area contributed by atoms with Crippen molar-refractivity contribution in [1.82, 2.24) is 0 Å². The van der Waals surface area contributed by atoms with Gasteiger partial charge in [-0.15, -0.1) is 3.89 Å². The lowest BCUT2D eigenvalue weighted by molar-refractivity contribution is 0.501. The van der Waals surface area contributed by atoms with Crippen LogP contribution >= 0.6 is 0 Å². The molecule has 0 atom stereocenters. The minimum Gasteiger partial charge on any atom is -0.466 e. The predicted octanol–water partition coefficient (Wildman–Crippen LogP) is 1.74. The number of halogens is 1. The van der Waals surface area contributed by atoms with Gasteiger partial charge in [0.15, 0.2) is 0 Å². The first-order valence-electron chi connectivity index (χ1n) is 3.87. The number of hydrogen-bond acceptors (Lipinski definition) is 3. The molecule has 0 radical (unpaired) electrons. The molecule has 0 aliphatic carbocycles. The molecule has 0 spiro atoms. The Balaban J connectivity index is 2.70. The van der Waals surface area contributed by atoms with Crippen molar-refractivity contribution in [3.05, 3.63) is 23.2 Å². The van der Waals surface area contributed by atoms with E-state index in [2.05, 4.69) is 0 Å². The highest BCUT2D eigenvalue weighted by Gasteiger charge is 2.10. The molecule has 0 amide bonds. The van der Waals surface area contributed by atoms with Crippen LogP contribution in [0.2, 0.25) is 0 Å². The highest BCUT2D eigenvalue weighted by atomic mass is 32.3. The lowest BCUT2D eigenvalue weighted by Crippen LogP contribution is -2.01. The molecular formula is C8H11FO3S. The van der Waals surface area contributed by atoms with Gasteiger partial charge in [0.05, 0.1) is 5.75 Å². The molecule has 1 aromatic heterocycles. The first kappa shape index (κ1) is 10.2. The number of rotatable bonds is 3. The fourth-order valence-electron chi connectivity index (χ4n) is 1.16. The molecule has 0 unspecified atom stereocenters. The summed E-state index contributed by atoms with van der Waals surface area (Å²) in [4.78, 5) is 0. The molecule has 13 heavy (non-hydrogen) atoms. The van der Waals surface area contributed by atoms with E-state index in [4.69, 9.17) is 4.42 Å². The minimum absolute atomic E-state index is 0.169. The summed E-state index contributed by atoms with van der Waals surface area (Å²) in [5, 5.41) is 0. The molecule has 0 saturated heterocycles. The lowest BCUT2D eigenvalue weighted by Gasteiger charge is -1.94. The third-order valence-electron chi connectivity index (χ3n) is 1.76. The van der Waals surface area contributed by atoms with Crippen LogP contribution in [0.1, 0.15) is 17.1 Å². The number of aryl methyl sites for hydroxylation is 3. The van der Waals surface area contributed by atoms with Crippen molar-refractivity contribution in [2.24, 2.45) is 0 Å². The van der Waals surface area contributed by atoms with Crippen LogP contribution in [0.25, 0.3) is 0 Å². The standard InChI is InChI=1S/C8H11FO3S/c1-6-5-8(7(2)12-6)3-4-13(9,10)11/h5H,3-4H2,1-2H3. The van der Waals surface area contributed by atoms with Crippen LogP contribution in [0.3, 0.4) is 0 Å². The molecule has 1 aromatic rings. The van der Waals surface area contributed by atoms with Crippen molar-refractivity contribution in [1.29, 1.82) is 0 Å². The van der Waals surface area contributed by atoms with E-state index >= 15 is 0 Å². The maximum Gasteiger partial charge on any atom is 0.302 e. The Morgan fingerprint density at radius 1 is 1.46 bits per heavy atom. The summed E-state index contributed by atoms with van der Waals surface area (Å²) in [5.74, 6) is 0.886. The molecule has 5 heteroatoms. The molecule has 74 valence electrons. The Kier molecular flexibility index (Phi) is 2.75. The molecule has 0 aliphatic rings. The number of hydrogen-bond donors (Lipinski definition) is 0. The van der Waals surface area contributed by atoms with E-state index in [-0.39, 0.29) is 6.42 Å². The van der Waals surface area contributed by atoms with Crippen molar-refractivity contribution >= 4 is 10.2 Å². The second-order valence-electron chi connectivity index (χ2n) is 2.93. The normalized spacial score (nSPS) is 11.9. The molecule has 0 aliphatic heterocycles. The molecule has 3 nitrogen and oxygen atoms in total. The summed E-state index contributed by atoms with van der Waals surface area (Å²) in [5.41, 5.74) is 0.749. The molecule has 0 N–H and O–H groups in total. The maximum atomic E-state index is 12.2. The Morgan fingerprint density at radius 2 is 2.08 bits per heavy atom. The Hall–Kier alpha value is -0.840. The van der Waals surface area contributed by atoms with Gasteiger partial charge in [-0.1, -0.05) is 0 Å². The van der Waals surface area contributed by atoms with Gasteiger partial charge in [-0.3, -0.25) is 0 Å². The Labute approximate surface area is 76.8 Å². The third kappa shape index (κ3) is 3.18. The summed E-state index contributed by atoms with van der Waals surface area (Å²) in [7, 11) is -4.37. The highest BCUT2D eigenvalue weighted by molar-refractivity contribution is 7.86. The van der Waals surface area contributed by atoms with Crippen molar-refractivity contribution in [2.45, 2.75) is 20.3 Å². The minimum atomic E-state index is -4.37. The van der Waals surface area contributed by atoms with E-state index in [1.807, 2.05) is 0 Å². The maximum absolute atomic E-state index is 12.2. The smallest absolute Gasteiger partial charge is 0.302 e. The van der Waals surface area contributed by atoms with Crippen LogP contribution in [0.15, 0.2) is 10.5 Å². The third-order valence-corrected chi connectivity index (χ3v) is 2.45. The molecule has 1 rings (SSSR count). The molecule has 1 heterocycles. The molecule has 0 fully saturated rings. The van der Waals surface area contributed by atoms with E-state index in [1.165, 1.54) is 0 Å². The quantitative estimate of drug-likeness (QED) is 0.708. The van der Waals surface area contributed by atoms with Gasteiger partial charge in [0.1, 0.15) is 11.5 Å².